The van der Waals surface area contributed by atoms with Crippen molar-refractivity contribution in [2.45, 2.75) is 18.9 Å². The molecule has 0 aliphatic carbocycles. The molecule has 1 nitrogen and oxygen atoms in total. The second-order valence-corrected chi connectivity index (χ2v) is 2.71. The van der Waals surface area contributed by atoms with E-state index in [1.807, 2.05) is 12.2 Å². The van der Waals surface area contributed by atoms with Gasteiger partial charge in [0.1, 0.15) is 0 Å². The van der Waals surface area contributed by atoms with Crippen LogP contribution in [-0.2, 0) is 0 Å². The van der Waals surface area contributed by atoms with E-state index in [2.05, 4.69) is 24.0 Å². The van der Waals surface area contributed by atoms with E-state index in [9.17, 15) is 0 Å². The standard InChI is InChI=1S/C10H15N/c1-2-3-4-5-7-10-8-6-9-11-10/h2-5,7,10-11H,1,6,8-9H2/b4-3-,7-5+. The van der Waals surface area contributed by atoms with Crippen molar-refractivity contribution in [1.82, 2.24) is 5.32 Å². The number of rotatable bonds is 3. The molecule has 1 fully saturated rings. The van der Waals surface area contributed by atoms with Gasteiger partial charge in [0.25, 0.3) is 0 Å². The monoisotopic (exact) mass is 149 g/mol. The van der Waals surface area contributed by atoms with Crippen LogP contribution in [0.1, 0.15) is 12.8 Å². The first kappa shape index (κ1) is 8.28. The van der Waals surface area contributed by atoms with Gasteiger partial charge in [-0.05, 0) is 19.4 Å². The molecule has 0 amide bonds. The van der Waals surface area contributed by atoms with Crippen LogP contribution in [0.25, 0.3) is 0 Å². The van der Waals surface area contributed by atoms with Gasteiger partial charge in [-0.1, -0.05) is 37.0 Å². The van der Waals surface area contributed by atoms with Gasteiger partial charge in [0.2, 0.25) is 0 Å². The van der Waals surface area contributed by atoms with Crippen molar-refractivity contribution in [2.75, 3.05) is 6.54 Å². The van der Waals surface area contributed by atoms with Crippen molar-refractivity contribution in [3.63, 3.8) is 0 Å². The molecule has 1 rings (SSSR count). The Kier molecular flexibility index (Phi) is 3.70. The topological polar surface area (TPSA) is 12.0 Å². The van der Waals surface area contributed by atoms with E-state index in [1.54, 1.807) is 6.08 Å². The van der Waals surface area contributed by atoms with E-state index in [1.165, 1.54) is 19.4 Å². The lowest BCUT2D eigenvalue weighted by molar-refractivity contribution is 0.727. The summed E-state index contributed by atoms with van der Waals surface area (Å²) in [5.74, 6) is 0. The average Bonchev–Trinajstić information content (AvgIpc) is 2.50. The molecule has 1 aliphatic heterocycles. The predicted molar refractivity (Wildman–Crippen MR) is 49.5 cm³/mol. The third kappa shape index (κ3) is 3.19. The minimum Gasteiger partial charge on any atom is -0.311 e. The zero-order valence-electron chi connectivity index (χ0n) is 6.79. The normalized spacial score (nSPS) is 25.3. The molecule has 1 aliphatic rings. The van der Waals surface area contributed by atoms with E-state index in [-0.39, 0.29) is 0 Å². The molecule has 0 aromatic heterocycles. The highest BCUT2D eigenvalue weighted by molar-refractivity contribution is 5.11. The third-order valence-corrected chi connectivity index (χ3v) is 1.80. The molecular formula is C10H15N. The molecule has 0 aromatic rings. The molecule has 0 aromatic carbocycles. The summed E-state index contributed by atoms with van der Waals surface area (Å²) < 4.78 is 0. The maximum absolute atomic E-state index is 3.59. The van der Waals surface area contributed by atoms with E-state index in [0.29, 0.717) is 6.04 Å². The van der Waals surface area contributed by atoms with Crippen LogP contribution >= 0.6 is 0 Å². The van der Waals surface area contributed by atoms with Crippen molar-refractivity contribution in [2.24, 2.45) is 0 Å². The van der Waals surface area contributed by atoms with Crippen LogP contribution in [0.4, 0.5) is 0 Å². The van der Waals surface area contributed by atoms with Crippen LogP contribution < -0.4 is 5.32 Å². The first-order valence-corrected chi connectivity index (χ1v) is 4.13. The van der Waals surface area contributed by atoms with Crippen LogP contribution in [0.2, 0.25) is 0 Å². The average molecular weight is 149 g/mol. The van der Waals surface area contributed by atoms with Crippen LogP contribution in [0.5, 0.6) is 0 Å². The van der Waals surface area contributed by atoms with Gasteiger partial charge in [-0.3, -0.25) is 0 Å². The molecule has 1 heteroatoms. The molecule has 60 valence electrons. The second kappa shape index (κ2) is 4.91. The third-order valence-electron chi connectivity index (χ3n) is 1.80. The summed E-state index contributed by atoms with van der Waals surface area (Å²) in [6.07, 6.45) is 12.6. The van der Waals surface area contributed by atoms with Gasteiger partial charge >= 0.3 is 0 Å². The minimum atomic E-state index is 0.601. The van der Waals surface area contributed by atoms with Crippen LogP contribution in [0.15, 0.2) is 37.0 Å². The largest absolute Gasteiger partial charge is 0.311 e. The first-order chi connectivity index (χ1) is 5.43. The zero-order valence-corrected chi connectivity index (χ0v) is 6.79. The van der Waals surface area contributed by atoms with Crippen LogP contribution in [-0.4, -0.2) is 12.6 Å². The summed E-state index contributed by atoms with van der Waals surface area (Å²) in [7, 11) is 0. The molecule has 0 saturated carbocycles. The number of nitrogens with one attached hydrogen (secondary N) is 1. The second-order valence-electron chi connectivity index (χ2n) is 2.71. The Morgan fingerprint density at radius 1 is 1.27 bits per heavy atom. The van der Waals surface area contributed by atoms with Crippen molar-refractivity contribution < 1.29 is 0 Å². The van der Waals surface area contributed by atoms with E-state index in [4.69, 9.17) is 0 Å². The molecule has 0 spiro atoms. The number of hydrogen-bond acceptors (Lipinski definition) is 1. The van der Waals surface area contributed by atoms with E-state index >= 15 is 0 Å². The summed E-state index contributed by atoms with van der Waals surface area (Å²) >= 11 is 0. The Bertz CT molecular complexity index is 162. The fourth-order valence-corrected chi connectivity index (χ4v) is 1.22. The molecule has 0 bridgehead atoms. The molecule has 1 heterocycles. The lowest BCUT2D eigenvalue weighted by Gasteiger charge is -1.99. The van der Waals surface area contributed by atoms with Gasteiger partial charge in [0.15, 0.2) is 0 Å². The van der Waals surface area contributed by atoms with Crippen molar-refractivity contribution in [3.05, 3.63) is 37.0 Å². The highest BCUT2D eigenvalue weighted by atomic mass is 14.9. The molecule has 1 N–H and O–H groups in total. The summed E-state index contributed by atoms with van der Waals surface area (Å²) in [5, 5.41) is 3.39. The molecule has 11 heavy (non-hydrogen) atoms. The zero-order chi connectivity index (χ0) is 7.94. The molecule has 1 unspecified atom stereocenters. The molecule has 1 saturated heterocycles. The van der Waals surface area contributed by atoms with Crippen LogP contribution in [0, 0.1) is 0 Å². The van der Waals surface area contributed by atoms with Gasteiger partial charge in [0.05, 0.1) is 0 Å². The van der Waals surface area contributed by atoms with Gasteiger partial charge in [-0.25, -0.2) is 0 Å². The fourth-order valence-electron chi connectivity index (χ4n) is 1.22. The Morgan fingerprint density at radius 3 is 2.82 bits per heavy atom. The van der Waals surface area contributed by atoms with Gasteiger partial charge in [-0.15, -0.1) is 0 Å². The molecule has 1 atom stereocenters. The molecule has 0 radical (unpaired) electrons. The van der Waals surface area contributed by atoms with E-state index in [0.717, 1.165) is 0 Å². The van der Waals surface area contributed by atoms with Gasteiger partial charge in [-0.2, -0.15) is 0 Å². The quantitative estimate of drug-likeness (QED) is 0.605. The summed E-state index contributed by atoms with van der Waals surface area (Å²) in [6.45, 7) is 4.76. The fraction of sp³-hybridized carbons (Fsp3) is 0.400. The smallest absolute Gasteiger partial charge is 0.0253 e. The number of allylic oxidation sites excluding steroid dienone is 4. The predicted octanol–water partition coefficient (Wildman–Crippen LogP) is 2.04. The lowest BCUT2D eigenvalue weighted by atomic mass is 10.2. The van der Waals surface area contributed by atoms with Gasteiger partial charge in [0, 0.05) is 6.04 Å². The van der Waals surface area contributed by atoms with Crippen molar-refractivity contribution in [3.8, 4) is 0 Å². The number of hydrogen-bond donors (Lipinski definition) is 1. The SMILES string of the molecule is C=C/C=C\C=C\C1CCCN1. The Labute approximate surface area is 68.5 Å². The Hall–Kier alpha value is -0.820. The molecular weight excluding hydrogens is 134 g/mol. The lowest BCUT2D eigenvalue weighted by Crippen LogP contribution is -2.17. The minimum absolute atomic E-state index is 0.601. The summed E-state index contributed by atoms with van der Waals surface area (Å²) in [6, 6.07) is 0.601. The van der Waals surface area contributed by atoms with Gasteiger partial charge < -0.3 is 5.32 Å². The van der Waals surface area contributed by atoms with E-state index < -0.39 is 0 Å². The maximum Gasteiger partial charge on any atom is 0.0253 e. The highest BCUT2D eigenvalue weighted by Gasteiger charge is 2.08. The Balaban J connectivity index is 2.22. The first-order valence-electron chi connectivity index (χ1n) is 4.13. The van der Waals surface area contributed by atoms with Crippen molar-refractivity contribution >= 4 is 0 Å². The summed E-state index contributed by atoms with van der Waals surface area (Å²) in [5.41, 5.74) is 0. The van der Waals surface area contributed by atoms with Crippen molar-refractivity contribution in [1.29, 1.82) is 0 Å². The highest BCUT2D eigenvalue weighted by Crippen LogP contribution is 2.05. The summed E-state index contributed by atoms with van der Waals surface area (Å²) in [4.78, 5) is 0. The van der Waals surface area contributed by atoms with Crippen LogP contribution in [0.3, 0.4) is 0 Å². The Morgan fingerprint density at radius 2 is 2.18 bits per heavy atom. The maximum atomic E-state index is 3.59.